The standard InChI is InChI=1S/C15H18N6O/c1-11(20(3)8-15-19-18-12(2)22-15)13-4-6-14(7-5-13)21-10-16-9-17-21/h4-7,9-11H,8H2,1-3H3. The van der Waals surface area contributed by atoms with Gasteiger partial charge in [-0.25, -0.2) is 9.67 Å². The number of aromatic nitrogens is 5. The summed E-state index contributed by atoms with van der Waals surface area (Å²) in [6, 6.07) is 8.49. The number of benzene rings is 1. The molecule has 0 bridgehead atoms. The van der Waals surface area contributed by atoms with Crippen LogP contribution in [0.15, 0.2) is 41.3 Å². The molecular formula is C15H18N6O. The molecule has 7 heteroatoms. The fourth-order valence-electron chi connectivity index (χ4n) is 2.25. The van der Waals surface area contributed by atoms with E-state index in [9.17, 15) is 0 Å². The van der Waals surface area contributed by atoms with Crippen molar-refractivity contribution in [3.63, 3.8) is 0 Å². The Morgan fingerprint density at radius 1 is 1.23 bits per heavy atom. The summed E-state index contributed by atoms with van der Waals surface area (Å²) in [5.74, 6) is 1.22. The van der Waals surface area contributed by atoms with Crippen LogP contribution in [0.2, 0.25) is 0 Å². The summed E-state index contributed by atoms with van der Waals surface area (Å²) >= 11 is 0. The fourth-order valence-corrected chi connectivity index (χ4v) is 2.25. The molecule has 0 saturated heterocycles. The first-order valence-corrected chi connectivity index (χ1v) is 7.07. The topological polar surface area (TPSA) is 72.9 Å². The van der Waals surface area contributed by atoms with Crippen LogP contribution in [0.5, 0.6) is 0 Å². The average molecular weight is 298 g/mol. The Hall–Kier alpha value is -2.54. The molecule has 0 saturated carbocycles. The van der Waals surface area contributed by atoms with Crippen molar-refractivity contribution in [1.29, 1.82) is 0 Å². The molecule has 0 radical (unpaired) electrons. The van der Waals surface area contributed by atoms with Crippen molar-refractivity contribution in [3.8, 4) is 5.69 Å². The summed E-state index contributed by atoms with van der Waals surface area (Å²) in [7, 11) is 2.04. The van der Waals surface area contributed by atoms with E-state index in [-0.39, 0.29) is 6.04 Å². The third kappa shape index (κ3) is 3.04. The number of rotatable bonds is 5. The van der Waals surface area contributed by atoms with Crippen LogP contribution in [0.3, 0.4) is 0 Å². The summed E-state index contributed by atoms with van der Waals surface area (Å²) in [5.41, 5.74) is 2.20. The zero-order chi connectivity index (χ0) is 15.5. The molecule has 2 heterocycles. The van der Waals surface area contributed by atoms with E-state index in [4.69, 9.17) is 4.42 Å². The van der Waals surface area contributed by atoms with Gasteiger partial charge < -0.3 is 4.42 Å². The summed E-state index contributed by atoms with van der Waals surface area (Å²) in [6.45, 7) is 4.56. The van der Waals surface area contributed by atoms with E-state index < -0.39 is 0 Å². The van der Waals surface area contributed by atoms with Gasteiger partial charge in [0, 0.05) is 13.0 Å². The van der Waals surface area contributed by atoms with Crippen LogP contribution < -0.4 is 0 Å². The molecule has 1 unspecified atom stereocenters. The van der Waals surface area contributed by atoms with Crippen molar-refractivity contribution in [1.82, 2.24) is 29.9 Å². The van der Waals surface area contributed by atoms with Gasteiger partial charge in [0.2, 0.25) is 11.8 Å². The Morgan fingerprint density at radius 3 is 2.59 bits per heavy atom. The Labute approximate surface area is 128 Å². The molecule has 0 aliphatic carbocycles. The second-order valence-electron chi connectivity index (χ2n) is 5.24. The maximum absolute atomic E-state index is 5.43. The van der Waals surface area contributed by atoms with Gasteiger partial charge in [0.05, 0.1) is 12.2 Å². The molecule has 0 N–H and O–H groups in total. The highest BCUT2D eigenvalue weighted by Crippen LogP contribution is 2.21. The molecule has 1 aromatic carbocycles. The van der Waals surface area contributed by atoms with E-state index in [2.05, 4.69) is 44.2 Å². The number of aryl methyl sites for hydroxylation is 1. The van der Waals surface area contributed by atoms with Gasteiger partial charge in [-0.1, -0.05) is 12.1 Å². The molecule has 0 spiro atoms. The van der Waals surface area contributed by atoms with Crippen LogP contribution in [0.4, 0.5) is 0 Å². The molecule has 0 aliphatic heterocycles. The van der Waals surface area contributed by atoms with Gasteiger partial charge in [0.25, 0.3) is 0 Å². The lowest BCUT2D eigenvalue weighted by Gasteiger charge is -2.23. The smallest absolute Gasteiger partial charge is 0.230 e. The molecule has 0 amide bonds. The Balaban J connectivity index is 1.70. The fraction of sp³-hybridized carbons (Fsp3) is 0.333. The summed E-state index contributed by atoms with van der Waals surface area (Å²) in [6.07, 6.45) is 3.21. The molecule has 3 aromatic rings. The third-order valence-electron chi connectivity index (χ3n) is 3.67. The van der Waals surface area contributed by atoms with Crippen molar-refractivity contribution in [2.45, 2.75) is 26.4 Å². The minimum atomic E-state index is 0.233. The highest BCUT2D eigenvalue weighted by Gasteiger charge is 2.15. The predicted molar refractivity (Wildman–Crippen MR) is 80.3 cm³/mol. The zero-order valence-corrected chi connectivity index (χ0v) is 12.8. The number of nitrogens with zero attached hydrogens (tertiary/aromatic N) is 6. The van der Waals surface area contributed by atoms with Gasteiger partial charge in [-0.05, 0) is 31.7 Å². The second kappa shape index (κ2) is 6.07. The molecular weight excluding hydrogens is 280 g/mol. The van der Waals surface area contributed by atoms with Crippen molar-refractivity contribution in [2.24, 2.45) is 0 Å². The van der Waals surface area contributed by atoms with Crippen LogP contribution in [0, 0.1) is 6.92 Å². The summed E-state index contributed by atoms with van der Waals surface area (Å²) in [5, 5.41) is 12.0. The Morgan fingerprint density at radius 2 is 2.00 bits per heavy atom. The third-order valence-corrected chi connectivity index (χ3v) is 3.67. The minimum absolute atomic E-state index is 0.233. The van der Waals surface area contributed by atoms with Crippen molar-refractivity contribution >= 4 is 0 Å². The van der Waals surface area contributed by atoms with Crippen LogP contribution in [0.25, 0.3) is 5.69 Å². The lowest BCUT2D eigenvalue weighted by molar-refractivity contribution is 0.226. The van der Waals surface area contributed by atoms with E-state index in [1.807, 2.05) is 19.2 Å². The number of hydrogen-bond donors (Lipinski definition) is 0. The van der Waals surface area contributed by atoms with Gasteiger partial charge in [-0.15, -0.1) is 10.2 Å². The maximum atomic E-state index is 5.43. The van der Waals surface area contributed by atoms with Crippen LogP contribution in [-0.2, 0) is 6.54 Å². The van der Waals surface area contributed by atoms with E-state index >= 15 is 0 Å². The first kappa shape index (κ1) is 14.4. The highest BCUT2D eigenvalue weighted by atomic mass is 16.4. The molecule has 114 valence electrons. The minimum Gasteiger partial charge on any atom is -0.424 e. The monoisotopic (exact) mass is 298 g/mol. The normalized spacial score (nSPS) is 12.7. The SMILES string of the molecule is Cc1nnc(CN(C)C(C)c2ccc(-n3cncn3)cc2)o1. The van der Waals surface area contributed by atoms with E-state index in [1.54, 1.807) is 17.9 Å². The van der Waals surface area contributed by atoms with Crippen molar-refractivity contribution in [3.05, 3.63) is 54.3 Å². The first-order chi connectivity index (χ1) is 10.6. The van der Waals surface area contributed by atoms with Crippen LogP contribution >= 0.6 is 0 Å². The van der Waals surface area contributed by atoms with Gasteiger partial charge >= 0.3 is 0 Å². The average Bonchev–Trinajstić information content (AvgIpc) is 3.18. The number of hydrogen-bond acceptors (Lipinski definition) is 6. The van der Waals surface area contributed by atoms with Crippen LogP contribution in [-0.4, -0.2) is 36.9 Å². The largest absolute Gasteiger partial charge is 0.424 e. The van der Waals surface area contributed by atoms with Gasteiger partial charge in [-0.3, -0.25) is 4.90 Å². The lowest BCUT2D eigenvalue weighted by Crippen LogP contribution is -2.22. The molecule has 0 fully saturated rings. The molecule has 3 rings (SSSR count). The summed E-state index contributed by atoms with van der Waals surface area (Å²) in [4.78, 5) is 6.12. The Kier molecular flexibility index (Phi) is 3.97. The van der Waals surface area contributed by atoms with Crippen LogP contribution in [0.1, 0.15) is 30.3 Å². The van der Waals surface area contributed by atoms with Gasteiger partial charge in [-0.2, -0.15) is 5.10 Å². The van der Waals surface area contributed by atoms with E-state index in [0.29, 0.717) is 18.3 Å². The maximum Gasteiger partial charge on any atom is 0.230 e. The second-order valence-corrected chi connectivity index (χ2v) is 5.24. The molecule has 7 nitrogen and oxygen atoms in total. The predicted octanol–water partition coefficient (Wildman–Crippen LogP) is 2.15. The highest BCUT2D eigenvalue weighted by molar-refractivity contribution is 5.34. The first-order valence-electron chi connectivity index (χ1n) is 7.07. The lowest BCUT2D eigenvalue weighted by atomic mass is 10.1. The van der Waals surface area contributed by atoms with E-state index in [1.165, 1.54) is 11.9 Å². The molecule has 1 atom stereocenters. The zero-order valence-electron chi connectivity index (χ0n) is 12.8. The Bertz CT molecular complexity index is 719. The summed E-state index contributed by atoms with van der Waals surface area (Å²) < 4.78 is 7.16. The van der Waals surface area contributed by atoms with E-state index in [0.717, 1.165) is 5.69 Å². The quantitative estimate of drug-likeness (QED) is 0.718. The molecule has 0 aliphatic rings. The van der Waals surface area contributed by atoms with Crippen molar-refractivity contribution < 1.29 is 4.42 Å². The van der Waals surface area contributed by atoms with Gasteiger partial charge in [0.15, 0.2) is 0 Å². The molecule has 2 aromatic heterocycles. The van der Waals surface area contributed by atoms with Crippen molar-refractivity contribution in [2.75, 3.05) is 7.05 Å². The van der Waals surface area contributed by atoms with Gasteiger partial charge in [0.1, 0.15) is 12.7 Å². The molecule has 22 heavy (non-hydrogen) atoms.